The number of benzene rings is 2. The second-order valence-corrected chi connectivity index (χ2v) is 11.9. The summed E-state index contributed by atoms with van der Waals surface area (Å²) in [5.74, 6) is 0.601. The monoisotopic (exact) mass is 486 g/mol. The van der Waals surface area contributed by atoms with E-state index in [2.05, 4.69) is 67.6 Å². The first-order valence-corrected chi connectivity index (χ1v) is 14.4. The largest absolute Gasteiger partial charge is 0.378 e. The van der Waals surface area contributed by atoms with Crippen LogP contribution in [0, 0.1) is 11.3 Å². The minimum Gasteiger partial charge on any atom is -0.378 e. The molecular formula is C33H42O3. The molecule has 2 aromatic rings. The maximum Gasteiger partial charge on any atom is 0.157 e. The second kappa shape index (κ2) is 10.4. The van der Waals surface area contributed by atoms with Crippen LogP contribution in [0.15, 0.2) is 54.6 Å². The molecule has 0 radical (unpaired) electrons. The lowest BCUT2D eigenvalue weighted by Gasteiger charge is -2.72. The maximum atomic E-state index is 5.91. The summed E-state index contributed by atoms with van der Waals surface area (Å²) in [6, 6.07) is 18.4. The lowest BCUT2D eigenvalue weighted by molar-refractivity contribution is -0.166. The van der Waals surface area contributed by atoms with Crippen LogP contribution in [0.25, 0.3) is 17.2 Å². The van der Waals surface area contributed by atoms with Crippen LogP contribution >= 0.6 is 0 Å². The molecule has 4 aliphatic carbocycles. The van der Waals surface area contributed by atoms with Crippen LogP contribution < -0.4 is 0 Å². The SMILES string of the molecule is CCO[C@@H]1C[C@H]1/C=C\c1ccc(-c2ccc(C34CC(CCCCOC5CCCCO5)(C3)C4)cc2)cc1. The molecule has 3 atom stereocenters. The van der Waals surface area contributed by atoms with Gasteiger partial charge in [0.25, 0.3) is 0 Å². The molecule has 7 rings (SSSR count). The van der Waals surface area contributed by atoms with Crippen molar-refractivity contribution in [3.8, 4) is 11.1 Å². The molecule has 1 aliphatic heterocycles. The molecule has 0 spiro atoms. The average Bonchev–Trinajstić information content (AvgIpc) is 3.62. The van der Waals surface area contributed by atoms with Crippen molar-refractivity contribution in [3.05, 3.63) is 65.7 Å². The van der Waals surface area contributed by atoms with Crippen molar-refractivity contribution < 1.29 is 14.2 Å². The number of rotatable bonds is 12. The van der Waals surface area contributed by atoms with E-state index < -0.39 is 0 Å². The molecule has 5 aliphatic rings. The van der Waals surface area contributed by atoms with E-state index >= 15 is 0 Å². The number of hydrogen-bond acceptors (Lipinski definition) is 3. The molecule has 0 N–H and O–H groups in total. The summed E-state index contributed by atoms with van der Waals surface area (Å²) >= 11 is 0. The molecule has 3 heteroatoms. The van der Waals surface area contributed by atoms with Gasteiger partial charge in [0, 0.05) is 25.7 Å². The van der Waals surface area contributed by atoms with Crippen molar-refractivity contribution in [2.45, 2.75) is 88.9 Å². The molecule has 5 fully saturated rings. The highest BCUT2D eigenvalue weighted by Gasteiger charge is 2.67. The zero-order valence-corrected chi connectivity index (χ0v) is 21.9. The number of ether oxygens (including phenoxy) is 3. The van der Waals surface area contributed by atoms with Gasteiger partial charge < -0.3 is 14.2 Å². The van der Waals surface area contributed by atoms with Gasteiger partial charge in [-0.2, -0.15) is 0 Å². The van der Waals surface area contributed by atoms with Gasteiger partial charge in [-0.05, 0) is 97.8 Å². The lowest BCUT2D eigenvalue weighted by atomic mass is 9.32. The fraction of sp³-hybridized carbons (Fsp3) is 0.576. The first-order valence-electron chi connectivity index (χ1n) is 14.4. The molecule has 2 aromatic carbocycles. The van der Waals surface area contributed by atoms with E-state index in [4.69, 9.17) is 14.2 Å². The first-order chi connectivity index (χ1) is 17.7. The molecule has 192 valence electrons. The molecule has 3 nitrogen and oxygen atoms in total. The zero-order chi connectivity index (χ0) is 24.4. The second-order valence-electron chi connectivity index (χ2n) is 11.9. The minimum absolute atomic E-state index is 0.0658. The molecule has 1 unspecified atom stereocenters. The Balaban J connectivity index is 0.939. The quantitative estimate of drug-likeness (QED) is 0.285. The molecular weight excluding hydrogens is 444 g/mol. The van der Waals surface area contributed by atoms with Crippen molar-refractivity contribution in [1.29, 1.82) is 0 Å². The van der Waals surface area contributed by atoms with Crippen molar-refractivity contribution in [3.63, 3.8) is 0 Å². The van der Waals surface area contributed by atoms with Crippen molar-refractivity contribution in [1.82, 2.24) is 0 Å². The van der Waals surface area contributed by atoms with Gasteiger partial charge in [0.2, 0.25) is 0 Å². The van der Waals surface area contributed by atoms with Crippen LogP contribution in [0.2, 0.25) is 0 Å². The fourth-order valence-corrected chi connectivity index (χ4v) is 7.06. The Bertz CT molecular complexity index is 1010. The summed E-state index contributed by atoms with van der Waals surface area (Å²) in [4.78, 5) is 0. The third-order valence-corrected chi connectivity index (χ3v) is 9.12. The van der Waals surface area contributed by atoms with Crippen LogP contribution in [0.3, 0.4) is 0 Å². The Labute approximate surface area is 217 Å². The highest BCUT2D eigenvalue weighted by Crippen LogP contribution is 2.75. The predicted molar refractivity (Wildman–Crippen MR) is 146 cm³/mol. The van der Waals surface area contributed by atoms with Gasteiger partial charge in [-0.3, -0.25) is 0 Å². The van der Waals surface area contributed by atoms with Crippen molar-refractivity contribution in [2.24, 2.45) is 11.3 Å². The summed E-state index contributed by atoms with van der Waals surface area (Å²) in [5, 5.41) is 0. The molecule has 36 heavy (non-hydrogen) atoms. The van der Waals surface area contributed by atoms with Gasteiger partial charge in [0.1, 0.15) is 0 Å². The first kappa shape index (κ1) is 24.4. The van der Waals surface area contributed by atoms with Crippen molar-refractivity contribution in [2.75, 3.05) is 19.8 Å². The van der Waals surface area contributed by atoms with Crippen LogP contribution in [0.4, 0.5) is 0 Å². The van der Waals surface area contributed by atoms with E-state index in [9.17, 15) is 0 Å². The van der Waals surface area contributed by atoms with Crippen LogP contribution in [-0.4, -0.2) is 32.2 Å². The van der Waals surface area contributed by atoms with E-state index in [0.29, 0.717) is 22.9 Å². The van der Waals surface area contributed by atoms with Gasteiger partial charge in [-0.25, -0.2) is 0 Å². The average molecular weight is 487 g/mol. The summed E-state index contributed by atoms with van der Waals surface area (Å²) in [7, 11) is 0. The molecule has 2 bridgehead atoms. The van der Waals surface area contributed by atoms with Crippen LogP contribution in [0.5, 0.6) is 0 Å². The smallest absolute Gasteiger partial charge is 0.157 e. The number of unbranched alkanes of at least 4 members (excludes halogenated alkanes) is 1. The van der Waals surface area contributed by atoms with E-state index in [-0.39, 0.29) is 6.29 Å². The summed E-state index contributed by atoms with van der Waals surface area (Å²) < 4.78 is 17.3. The Morgan fingerprint density at radius 2 is 1.67 bits per heavy atom. The van der Waals surface area contributed by atoms with E-state index in [1.807, 2.05) is 0 Å². The van der Waals surface area contributed by atoms with E-state index in [1.54, 1.807) is 5.56 Å². The summed E-state index contributed by atoms with van der Waals surface area (Å²) in [5.41, 5.74) is 6.54. The summed E-state index contributed by atoms with van der Waals surface area (Å²) in [6.45, 7) is 4.62. The third kappa shape index (κ3) is 5.21. The Kier molecular flexibility index (Phi) is 7.07. The van der Waals surface area contributed by atoms with Crippen LogP contribution in [0.1, 0.15) is 82.3 Å². The fourth-order valence-electron chi connectivity index (χ4n) is 7.06. The Morgan fingerprint density at radius 3 is 2.36 bits per heavy atom. The van der Waals surface area contributed by atoms with Gasteiger partial charge in [-0.15, -0.1) is 0 Å². The van der Waals surface area contributed by atoms with Gasteiger partial charge in [0.05, 0.1) is 6.10 Å². The molecule has 0 amide bonds. The highest BCUT2D eigenvalue weighted by atomic mass is 16.7. The minimum atomic E-state index is 0.0658. The standard InChI is InChI=1S/C33H42O3/c1-2-34-30-21-28(30)13-10-25-8-11-26(12-9-25)27-14-16-29(17-15-27)33-22-32(23-33,24-33)18-4-6-20-36-31-7-3-5-19-35-31/h8-17,28,30-31H,2-7,18-24H2,1H3/b13-10-/t28-,30-,31?,32?,33?/m1/s1. The van der Waals surface area contributed by atoms with Crippen molar-refractivity contribution >= 4 is 6.08 Å². The Hall–Kier alpha value is -1.94. The molecule has 1 heterocycles. The third-order valence-electron chi connectivity index (χ3n) is 9.12. The van der Waals surface area contributed by atoms with E-state index in [1.165, 1.54) is 74.5 Å². The summed E-state index contributed by atoms with van der Waals surface area (Å²) in [6.07, 6.45) is 17.7. The van der Waals surface area contributed by atoms with Gasteiger partial charge in [0.15, 0.2) is 6.29 Å². The predicted octanol–water partition coefficient (Wildman–Crippen LogP) is 7.93. The normalized spacial score (nSPS) is 32.8. The van der Waals surface area contributed by atoms with E-state index in [0.717, 1.165) is 26.2 Å². The molecule has 4 saturated carbocycles. The van der Waals surface area contributed by atoms with Gasteiger partial charge >= 0.3 is 0 Å². The maximum absolute atomic E-state index is 5.91. The molecule has 1 saturated heterocycles. The Morgan fingerprint density at radius 1 is 0.917 bits per heavy atom. The highest BCUT2D eigenvalue weighted by molar-refractivity contribution is 5.66. The zero-order valence-electron chi connectivity index (χ0n) is 21.9. The lowest BCUT2D eigenvalue weighted by Crippen LogP contribution is -2.64. The van der Waals surface area contributed by atoms with Crippen LogP contribution in [-0.2, 0) is 19.6 Å². The number of hydrogen-bond donors (Lipinski definition) is 0. The topological polar surface area (TPSA) is 27.7 Å². The molecule has 0 aromatic heterocycles. The van der Waals surface area contributed by atoms with Gasteiger partial charge in [-0.1, -0.05) is 67.1 Å².